The summed E-state index contributed by atoms with van der Waals surface area (Å²) in [6.07, 6.45) is 2.52. The minimum atomic E-state index is 0.282. The van der Waals surface area contributed by atoms with Gasteiger partial charge in [-0.05, 0) is 18.6 Å². The van der Waals surface area contributed by atoms with Crippen LogP contribution in [0.3, 0.4) is 0 Å². The first-order chi connectivity index (χ1) is 12.8. The Balaban J connectivity index is 1.48. The second-order valence-electron chi connectivity index (χ2n) is 5.93. The number of hydrogen-bond donors (Lipinski definition) is 1. The molecule has 3 aromatic rings. The molecule has 26 heavy (non-hydrogen) atoms. The van der Waals surface area contributed by atoms with Crippen molar-refractivity contribution < 1.29 is 18.4 Å². The highest BCUT2D eigenvalue weighted by Gasteiger charge is 2.21. The van der Waals surface area contributed by atoms with Crippen LogP contribution in [-0.4, -0.2) is 40.4 Å². The Kier molecular flexibility index (Phi) is 4.89. The van der Waals surface area contributed by atoms with E-state index in [9.17, 15) is 0 Å². The van der Waals surface area contributed by atoms with Crippen LogP contribution in [0, 0.1) is 0 Å². The zero-order valence-corrected chi connectivity index (χ0v) is 14.3. The van der Waals surface area contributed by atoms with Crippen molar-refractivity contribution in [3.63, 3.8) is 0 Å². The topological polar surface area (TPSA) is 108 Å². The second-order valence-corrected chi connectivity index (χ2v) is 5.93. The molecule has 4 rings (SSSR count). The first-order valence-corrected chi connectivity index (χ1v) is 8.36. The average molecular weight is 357 g/mol. The number of ether oxygens (including phenoxy) is 2. The molecule has 4 heterocycles. The van der Waals surface area contributed by atoms with Crippen LogP contribution in [0.4, 0.5) is 5.82 Å². The van der Waals surface area contributed by atoms with E-state index in [1.54, 1.807) is 25.5 Å². The SMILES string of the molecule is COCc1nc(NCc2noc(-c3ccco3)n2)cc(C2CCOC2)n1. The molecule has 1 atom stereocenters. The van der Waals surface area contributed by atoms with Gasteiger partial charge in [-0.15, -0.1) is 0 Å². The average Bonchev–Trinajstić information content (AvgIpc) is 3.42. The normalized spacial score (nSPS) is 16.9. The third-order valence-electron chi connectivity index (χ3n) is 4.04. The van der Waals surface area contributed by atoms with E-state index in [0.717, 1.165) is 18.7 Å². The highest BCUT2D eigenvalue weighted by molar-refractivity contribution is 5.43. The zero-order valence-electron chi connectivity index (χ0n) is 14.3. The predicted octanol–water partition coefficient (Wildman–Crippen LogP) is 2.38. The molecule has 1 fully saturated rings. The molecule has 0 spiro atoms. The molecule has 9 nitrogen and oxygen atoms in total. The Morgan fingerprint density at radius 2 is 2.23 bits per heavy atom. The fourth-order valence-electron chi connectivity index (χ4n) is 2.77. The Hall–Kier alpha value is -2.78. The molecule has 1 N–H and O–H groups in total. The number of aromatic nitrogens is 4. The van der Waals surface area contributed by atoms with Crippen LogP contribution in [0.5, 0.6) is 0 Å². The van der Waals surface area contributed by atoms with E-state index in [1.165, 1.54) is 0 Å². The van der Waals surface area contributed by atoms with Crippen molar-refractivity contribution >= 4 is 5.82 Å². The summed E-state index contributed by atoms with van der Waals surface area (Å²) in [6, 6.07) is 5.47. The number of anilines is 1. The third kappa shape index (κ3) is 3.73. The van der Waals surface area contributed by atoms with Crippen molar-refractivity contribution in [2.45, 2.75) is 25.5 Å². The highest BCUT2D eigenvalue weighted by Crippen LogP contribution is 2.25. The van der Waals surface area contributed by atoms with Crippen molar-refractivity contribution in [3.05, 3.63) is 41.8 Å². The molecule has 0 amide bonds. The second kappa shape index (κ2) is 7.63. The van der Waals surface area contributed by atoms with Gasteiger partial charge >= 0.3 is 0 Å². The molecule has 0 aliphatic carbocycles. The molecule has 0 aromatic carbocycles. The third-order valence-corrected chi connectivity index (χ3v) is 4.04. The van der Waals surface area contributed by atoms with Crippen molar-refractivity contribution in [3.8, 4) is 11.7 Å². The lowest BCUT2D eigenvalue weighted by Crippen LogP contribution is -2.10. The lowest BCUT2D eigenvalue weighted by Gasteiger charge is -2.12. The van der Waals surface area contributed by atoms with E-state index in [2.05, 4.69) is 25.4 Å². The van der Waals surface area contributed by atoms with Gasteiger partial charge in [-0.2, -0.15) is 4.98 Å². The molecule has 136 valence electrons. The molecule has 9 heteroatoms. The van der Waals surface area contributed by atoms with Crippen LogP contribution in [0.2, 0.25) is 0 Å². The quantitative estimate of drug-likeness (QED) is 0.681. The number of nitrogens with zero attached hydrogens (tertiary/aromatic N) is 4. The summed E-state index contributed by atoms with van der Waals surface area (Å²) in [4.78, 5) is 13.4. The van der Waals surface area contributed by atoms with Gasteiger partial charge in [0.15, 0.2) is 17.4 Å². The summed E-state index contributed by atoms with van der Waals surface area (Å²) in [5, 5.41) is 7.17. The lowest BCUT2D eigenvalue weighted by atomic mass is 10.0. The molecule has 0 radical (unpaired) electrons. The smallest absolute Gasteiger partial charge is 0.293 e. The van der Waals surface area contributed by atoms with Gasteiger partial charge in [0.25, 0.3) is 5.89 Å². The van der Waals surface area contributed by atoms with Crippen molar-refractivity contribution in [2.75, 3.05) is 25.6 Å². The van der Waals surface area contributed by atoms with E-state index >= 15 is 0 Å². The van der Waals surface area contributed by atoms with Gasteiger partial charge in [-0.3, -0.25) is 0 Å². The van der Waals surface area contributed by atoms with Crippen LogP contribution in [0.1, 0.15) is 29.7 Å². The lowest BCUT2D eigenvalue weighted by molar-refractivity contribution is 0.177. The van der Waals surface area contributed by atoms with Gasteiger partial charge in [0.05, 0.1) is 25.1 Å². The molecule has 1 aliphatic rings. The Morgan fingerprint density at radius 3 is 3.00 bits per heavy atom. The van der Waals surface area contributed by atoms with Crippen LogP contribution in [-0.2, 0) is 22.6 Å². The Bertz CT molecular complexity index is 843. The van der Waals surface area contributed by atoms with Gasteiger partial charge in [0, 0.05) is 25.7 Å². The van der Waals surface area contributed by atoms with E-state index in [-0.39, 0.29) is 5.92 Å². The summed E-state index contributed by atoms with van der Waals surface area (Å²) in [7, 11) is 1.62. The fraction of sp³-hybridized carbons (Fsp3) is 0.412. The monoisotopic (exact) mass is 357 g/mol. The Labute approximate surface area is 149 Å². The molecule has 3 aromatic heterocycles. The minimum Gasteiger partial charge on any atom is -0.459 e. The van der Waals surface area contributed by atoms with Gasteiger partial charge in [0.1, 0.15) is 12.4 Å². The zero-order chi connectivity index (χ0) is 17.8. The molecular weight excluding hydrogens is 338 g/mol. The van der Waals surface area contributed by atoms with E-state index in [4.69, 9.17) is 18.4 Å². The number of methoxy groups -OCH3 is 1. The van der Waals surface area contributed by atoms with Gasteiger partial charge in [0.2, 0.25) is 0 Å². The van der Waals surface area contributed by atoms with Gasteiger partial charge < -0.3 is 23.7 Å². The predicted molar refractivity (Wildman–Crippen MR) is 90.2 cm³/mol. The van der Waals surface area contributed by atoms with E-state index < -0.39 is 0 Å². The van der Waals surface area contributed by atoms with Crippen LogP contribution >= 0.6 is 0 Å². The summed E-state index contributed by atoms with van der Waals surface area (Å²) < 4.78 is 21.1. The maximum atomic E-state index is 5.47. The molecular formula is C17H19N5O4. The number of rotatable bonds is 7. The van der Waals surface area contributed by atoms with Crippen LogP contribution in [0.15, 0.2) is 33.4 Å². The summed E-state index contributed by atoms with van der Waals surface area (Å²) in [5.41, 5.74) is 0.955. The van der Waals surface area contributed by atoms with Gasteiger partial charge in [-0.1, -0.05) is 5.16 Å². The van der Waals surface area contributed by atoms with Crippen molar-refractivity contribution in [1.82, 2.24) is 20.1 Å². The summed E-state index contributed by atoms with van der Waals surface area (Å²) in [5.74, 6) is 3.00. The van der Waals surface area contributed by atoms with Crippen LogP contribution in [0.25, 0.3) is 11.7 Å². The molecule has 1 saturated heterocycles. The molecule has 1 aliphatic heterocycles. The Morgan fingerprint density at radius 1 is 1.27 bits per heavy atom. The molecule has 0 bridgehead atoms. The standard InChI is InChI=1S/C17H19N5O4/c1-23-10-16-19-12(11-4-6-24-9-11)7-14(20-16)18-8-15-21-17(26-22-15)13-3-2-5-25-13/h2-3,5,7,11H,4,6,8-10H2,1H3,(H,18,19,20). The minimum absolute atomic E-state index is 0.282. The van der Waals surface area contributed by atoms with Crippen LogP contribution < -0.4 is 5.32 Å². The van der Waals surface area contributed by atoms with E-state index in [0.29, 0.717) is 48.9 Å². The number of furan rings is 1. The first kappa shape index (κ1) is 16.7. The molecule has 1 unspecified atom stereocenters. The van der Waals surface area contributed by atoms with Crippen molar-refractivity contribution in [2.24, 2.45) is 0 Å². The maximum Gasteiger partial charge on any atom is 0.293 e. The molecule has 0 saturated carbocycles. The number of hydrogen-bond acceptors (Lipinski definition) is 9. The van der Waals surface area contributed by atoms with E-state index in [1.807, 2.05) is 6.07 Å². The fourth-order valence-corrected chi connectivity index (χ4v) is 2.77. The summed E-state index contributed by atoms with van der Waals surface area (Å²) in [6.45, 7) is 2.16. The summed E-state index contributed by atoms with van der Waals surface area (Å²) >= 11 is 0. The first-order valence-electron chi connectivity index (χ1n) is 8.36. The number of nitrogens with one attached hydrogen (secondary N) is 1. The largest absolute Gasteiger partial charge is 0.459 e. The van der Waals surface area contributed by atoms with Gasteiger partial charge in [-0.25, -0.2) is 9.97 Å². The maximum absolute atomic E-state index is 5.47. The highest BCUT2D eigenvalue weighted by atomic mass is 16.5. The van der Waals surface area contributed by atoms with Crippen molar-refractivity contribution in [1.29, 1.82) is 0 Å².